The number of benzene rings is 1. The number of nitrogens with two attached hydrogens (primary N) is 1. The summed E-state index contributed by atoms with van der Waals surface area (Å²) in [6.07, 6.45) is 7.12. The van der Waals surface area contributed by atoms with Gasteiger partial charge in [0.15, 0.2) is 0 Å². The summed E-state index contributed by atoms with van der Waals surface area (Å²) in [5.41, 5.74) is 12.2. The lowest BCUT2D eigenvalue weighted by Crippen LogP contribution is -2.15. The molecule has 3 heterocycles. The Morgan fingerprint density at radius 1 is 1.22 bits per heavy atom. The largest absolute Gasteiger partial charge is 0.369 e. The van der Waals surface area contributed by atoms with Crippen LogP contribution in [0.5, 0.6) is 0 Å². The average molecular weight is 359 g/mol. The highest BCUT2D eigenvalue weighted by Gasteiger charge is 2.27. The zero-order chi connectivity index (χ0) is 18.4. The number of fused-ring (bicyclic) bond motifs is 3. The van der Waals surface area contributed by atoms with Crippen LogP contribution < -0.4 is 5.73 Å². The first-order valence-corrected chi connectivity index (χ1v) is 8.72. The maximum Gasteiger partial charge on any atom is 0.223 e. The van der Waals surface area contributed by atoms with Crippen molar-refractivity contribution in [1.29, 1.82) is 0 Å². The van der Waals surface area contributed by atoms with Gasteiger partial charge in [-0.1, -0.05) is 0 Å². The summed E-state index contributed by atoms with van der Waals surface area (Å²) in [6, 6.07) is 7.98. The highest BCUT2D eigenvalue weighted by molar-refractivity contribution is 5.79. The van der Waals surface area contributed by atoms with E-state index in [2.05, 4.69) is 20.2 Å². The molecule has 0 fully saturated rings. The fraction of sp³-hybridized carbons (Fsp3) is 0.158. The first-order chi connectivity index (χ1) is 13.2. The number of imidazole rings is 1. The third-order valence-corrected chi connectivity index (χ3v) is 4.89. The molecule has 4 aromatic rings. The normalized spacial score (nSPS) is 12.6. The van der Waals surface area contributed by atoms with E-state index in [9.17, 15) is 4.79 Å². The third kappa shape index (κ3) is 2.53. The molecule has 134 valence electrons. The van der Waals surface area contributed by atoms with Crippen molar-refractivity contribution < 1.29 is 4.79 Å². The van der Waals surface area contributed by atoms with Gasteiger partial charge in [-0.25, -0.2) is 9.67 Å². The molecule has 4 N–H and O–H groups in total. The molecule has 0 aliphatic heterocycles. The second-order valence-corrected chi connectivity index (χ2v) is 6.58. The monoisotopic (exact) mass is 359 g/mol. The summed E-state index contributed by atoms with van der Waals surface area (Å²) >= 11 is 0. The van der Waals surface area contributed by atoms with E-state index in [1.807, 2.05) is 35.1 Å². The summed E-state index contributed by atoms with van der Waals surface area (Å²) in [6.45, 7) is 0. The molecule has 1 amide bonds. The molecule has 5 rings (SSSR count). The second-order valence-electron chi connectivity index (χ2n) is 6.58. The van der Waals surface area contributed by atoms with Crippen LogP contribution in [0.25, 0.3) is 28.3 Å². The number of aryl methyl sites for hydroxylation is 1. The van der Waals surface area contributed by atoms with Gasteiger partial charge in [-0.05, 0) is 37.1 Å². The van der Waals surface area contributed by atoms with Crippen LogP contribution in [-0.4, -0.2) is 35.9 Å². The fourth-order valence-corrected chi connectivity index (χ4v) is 3.67. The van der Waals surface area contributed by atoms with Crippen molar-refractivity contribution >= 4 is 5.91 Å². The smallest absolute Gasteiger partial charge is 0.223 e. The Hall–Kier alpha value is -3.68. The van der Waals surface area contributed by atoms with Crippen LogP contribution in [0.15, 0.2) is 42.9 Å². The van der Waals surface area contributed by atoms with Crippen LogP contribution in [0.1, 0.15) is 17.0 Å². The van der Waals surface area contributed by atoms with Gasteiger partial charge in [0.05, 0.1) is 29.7 Å². The quantitative estimate of drug-likeness (QED) is 0.514. The van der Waals surface area contributed by atoms with Gasteiger partial charge >= 0.3 is 0 Å². The van der Waals surface area contributed by atoms with Crippen LogP contribution in [0.4, 0.5) is 0 Å². The molecule has 0 atom stereocenters. The molecule has 0 radical (unpaired) electrons. The number of carbonyl (C=O) groups is 1. The number of primary amides is 1. The van der Waals surface area contributed by atoms with Crippen molar-refractivity contribution in [2.24, 2.45) is 5.73 Å². The summed E-state index contributed by atoms with van der Waals surface area (Å²) in [5.74, 6) is 0.434. The molecule has 0 spiro atoms. The fourth-order valence-electron chi connectivity index (χ4n) is 3.67. The van der Waals surface area contributed by atoms with Crippen LogP contribution in [0, 0.1) is 0 Å². The number of nitrogens with one attached hydrogen (secondary N) is 2. The van der Waals surface area contributed by atoms with Gasteiger partial charge in [-0.15, -0.1) is 0 Å². The molecular formula is C19H17N7O. The Labute approximate surface area is 154 Å². The predicted octanol–water partition coefficient (Wildman–Crippen LogP) is 1.78. The highest BCUT2D eigenvalue weighted by Crippen LogP contribution is 2.36. The number of H-pyrrole nitrogens is 2. The first-order valence-electron chi connectivity index (χ1n) is 8.72. The summed E-state index contributed by atoms with van der Waals surface area (Å²) in [5, 5.41) is 12.0. The molecular weight excluding hydrogens is 342 g/mol. The van der Waals surface area contributed by atoms with Gasteiger partial charge in [0.2, 0.25) is 5.91 Å². The van der Waals surface area contributed by atoms with Gasteiger partial charge in [-0.3, -0.25) is 9.89 Å². The topological polar surface area (TPSA) is 118 Å². The zero-order valence-corrected chi connectivity index (χ0v) is 14.4. The van der Waals surface area contributed by atoms with E-state index >= 15 is 0 Å². The van der Waals surface area contributed by atoms with Crippen LogP contribution in [0.2, 0.25) is 0 Å². The highest BCUT2D eigenvalue weighted by atomic mass is 16.1. The molecule has 27 heavy (non-hydrogen) atoms. The zero-order valence-electron chi connectivity index (χ0n) is 14.4. The number of aromatic nitrogens is 6. The molecule has 0 saturated carbocycles. The molecule has 0 bridgehead atoms. The summed E-state index contributed by atoms with van der Waals surface area (Å²) < 4.78 is 1.88. The average Bonchev–Trinajstić information content (AvgIpc) is 3.41. The third-order valence-electron chi connectivity index (χ3n) is 4.89. The molecule has 0 saturated heterocycles. The van der Waals surface area contributed by atoms with Crippen molar-refractivity contribution in [3.63, 3.8) is 0 Å². The van der Waals surface area contributed by atoms with Crippen molar-refractivity contribution in [2.75, 3.05) is 0 Å². The van der Waals surface area contributed by atoms with E-state index in [0.29, 0.717) is 0 Å². The lowest BCUT2D eigenvalue weighted by atomic mass is 9.93. The lowest BCUT2D eigenvalue weighted by Gasteiger charge is -2.15. The van der Waals surface area contributed by atoms with Crippen molar-refractivity contribution in [2.45, 2.75) is 19.3 Å². The Bertz CT molecular complexity index is 1120. The molecule has 1 aromatic carbocycles. The van der Waals surface area contributed by atoms with Gasteiger partial charge in [-0.2, -0.15) is 10.2 Å². The molecule has 1 aliphatic carbocycles. The van der Waals surface area contributed by atoms with E-state index in [1.165, 1.54) is 0 Å². The maximum atomic E-state index is 11.5. The maximum absolute atomic E-state index is 11.5. The van der Waals surface area contributed by atoms with Gasteiger partial charge in [0, 0.05) is 34.8 Å². The number of hydrogen-bond donors (Lipinski definition) is 3. The molecule has 3 aromatic heterocycles. The van der Waals surface area contributed by atoms with Crippen molar-refractivity contribution in [3.05, 3.63) is 59.8 Å². The Kier molecular flexibility index (Phi) is 3.43. The number of hydrogen-bond acceptors (Lipinski definition) is 4. The first kappa shape index (κ1) is 15.6. The number of nitrogens with zero attached hydrogens (tertiary/aromatic N) is 4. The minimum absolute atomic E-state index is 0.132. The van der Waals surface area contributed by atoms with E-state index < -0.39 is 0 Å². The SMILES string of the molecule is NC(=O)Cc1nn(-c2ccc(-c3ncc[nH]3)cc2)c2c1CCc1[nH]ncc1-2. The van der Waals surface area contributed by atoms with E-state index in [0.717, 1.165) is 58.1 Å². The van der Waals surface area contributed by atoms with E-state index in [4.69, 9.17) is 10.8 Å². The molecule has 0 unspecified atom stereocenters. The van der Waals surface area contributed by atoms with Gasteiger partial charge < -0.3 is 10.7 Å². The minimum Gasteiger partial charge on any atom is -0.369 e. The molecule has 8 nitrogen and oxygen atoms in total. The predicted molar refractivity (Wildman–Crippen MR) is 99.0 cm³/mol. The number of rotatable bonds is 4. The standard InChI is InChI=1S/C19H17N7O/c20-17(27)9-16-13-5-6-15-14(10-23-24-15)18(13)26(25-16)12-3-1-11(2-4-12)19-21-7-8-22-19/h1-4,7-8,10H,5-6,9H2,(H2,20,27)(H,21,22)(H,23,24). The molecule has 1 aliphatic rings. The Morgan fingerprint density at radius 2 is 2.07 bits per heavy atom. The van der Waals surface area contributed by atoms with Gasteiger partial charge in [0.25, 0.3) is 0 Å². The number of amides is 1. The van der Waals surface area contributed by atoms with E-state index in [-0.39, 0.29) is 12.3 Å². The van der Waals surface area contributed by atoms with Crippen molar-refractivity contribution in [3.8, 4) is 28.3 Å². The van der Waals surface area contributed by atoms with E-state index in [1.54, 1.807) is 12.4 Å². The lowest BCUT2D eigenvalue weighted by molar-refractivity contribution is -0.117. The Balaban J connectivity index is 1.64. The van der Waals surface area contributed by atoms with Crippen LogP contribution in [-0.2, 0) is 24.1 Å². The summed E-state index contributed by atoms with van der Waals surface area (Å²) in [4.78, 5) is 18.9. The van der Waals surface area contributed by atoms with Gasteiger partial charge in [0.1, 0.15) is 5.82 Å². The van der Waals surface area contributed by atoms with Crippen LogP contribution in [0.3, 0.4) is 0 Å². The van der Waals surface area contributed by atoms with Crippen molar-refractivity contribution in [1.82, 2.24) is 29.9 Å². The van der Waals surface area contributed by atoms with Crippen LogP contribution >= 0.6 is 0 Å². The summed E-state index contributed by atoms with van der Waals surface area (Å²) in [7, 11) is 0. The number of carbonyl (C=O) groups excluding carboxylic acids is 1. The Morgan fingerprint density at radius 3 is 2.81 bits per heavy atom. The molecule has 8 heteroatoms. The second kappa shape index (κ2) is 5.94. The number of aromatic amines is 2. The minimum atomic E-state index is -0.381.